The van der Waals surface area contributed by atoms with Crippen molar-refractivity contribution in [1.29, 1.82) is 0 Å². The van der Waals surface area contributed by atoms with Crippen LogP contribution in [0.2, 0.25) is 0 Å². The lowest BCUT2D eigenvalue weighted by Crippen LogP contribution is -2.13. The summed E-state index contributed by atoms with van der Waals surface area (Å²) in [7, 11) is 0. The molecule has 1 aromatic carbocycles. The Balaban J connectivity index is 2.87. The van der Waals surface area contributed by atoms with Gasteiger partial charge in [-0.25, -0.2) is 4.39 Å². The largest absolute Gasteiger partial charge is 0.300 e. The van der Waals surface area contributed by atoms with Crippen LogP contribution < -0.4 is 0 Å². The monoisotopic (exact) mass is 272 g/mol. The minimum Gasteiger partial charge on any atom is -0.300 e. The van der Waals surface area contributed by atoms with E-state index in [-0.39, 0.29) is 17.5 Å². The van der Waals surface area contributed by atoms with Crippen molar-refractivity contribution in [2.75, 3.05) is 0 Å². The molecule has 1 unspecified atom stereocenters. The van der Waals surface area contributed by atoms with E-state index in [1.54, 1.807) is 19.1 Å². The number of hydrogen-bond acceptors (Lipinski definition) is 1. The van der Waals surface area contributed by atoms with Crippen LogP contribution in [0.25, 0.3) is 0 Å². The summed E-state index contributed by atoms with van der Waals surface area (Å²) in [6.07, 6.45) is 1.23. The molecule has 0 saturated carbocycles. The lowest BCUT2D eigenvalue weighted by Gasteiger charge is -2.11. The molecule has 0 heterocycles. The van der Waals surface area contributed by atoms with Crippen LogP contribution in [0.15, 0.2) is 22.7 Å². The van der Waals surface area contributed by atoms with Gasteiger partial charge in [0.2, 0.25) is 0 Å². The first kappa shape index (κ1) is 12.4. The van der Waals surface area contributed by atoms with Crippen molar-refractivity contribution >= 4 is 21.7 Å². The van der Waals surface area contributed by atoms with E-state index in [9.17, 15) is 9.18 Å². The van der Waals surface area contributed by atoms with Gasteiger partial charge in [0, 0.05) is 10.4 Å². The summed E-state index contributed by atoms with van der Waals surface area (Å²) in [6, 6.07) is 4.82. The Bertz CT molecular complexity index is 363. The molecular formula is C12H14BrFO. The topological polar surface area (TPSA) is 17.1 Å². The average molecular weight is 273 g/mol. The van der Waals surface area contributed by atoms with Gasteiger partial charge in [-0.3, -0.25) is 4.79 Å². The zero-order chi connectivity index (χ0) is 11.4. The van der Waals surface area contributed by atoms with Crippen LogP contribution in [-0.2, 0) is 11.2 Å². The Morgan fingerprint density at radius 3 is 2.73 bits per heavy atom. The highest BCUT2D eigenvalue weighted by molar-refractivity contribution is 9.10. The number of halogens is 2. The Labute approximate surface area is 97.8 Å². The van der Waals surface area contributed by atoms with Crippen molar-refractivity contribution in [2.45, 2.75) is 26.7 Å². The molecular weight excluding hydrogens is 259 g/mol. The summed E-state index contributed by atoms with van der Waals surface area (Å²) < 4.78 is 14.2. The Morgan fingerprint density at radius 2 is 2.20 bits per heavy atom. The smallest absolute Gasteiger partial charge is 0.133 e. The van der Waals surface area contributed by atoms with Gasteiger partial charge < -0.3 is 0 Å². The van der Waals surface area contributed by atoms with Crippen LogP contribution in [-0.4, -0.2) is 5.78 Å². The normalized spacial score (nSPS) is 12.5. The molecule has 82 valence electrons. The summed E-state index contributed by atoms with van der Waals surface area (Å²) in [6.45, 7) is 3.51. The zero-order valence-corrected chi connectivity index (χ0v) is 10.5. The summed E-state index contributed by atoms with van der Waals surface area (Å²) in [5.74, 6) is -0.191. The Morgan fingerprint density at radius 1 is 1.53 bits per heavy atom. The molecule has 3 heteroatoms. The Kier molecular flexibility index (Phi) is 4.45. The molecule has 0 aliphatic carbocycles. The quantitative estimate of drug-likeness (QED) is 0.816. The highest BCUT2D eigenvalue weighted by Gasteiger charge is 2.14. The van der Waals surface area contributed by atoms with E-state index in [0.29, 0.717) is 12.0 Å². The fourth-order valence-corrected chi connectivity index (χ4v) is 1.95. The molecule has 0 aliphatic heterocycles. The molecule has 15 heavy (non-hydrogen) atoms. The molecule has 0 saturated heterocycles. The van der Waals surface area contributed by atoms with Gasteiger partial charge in [-0.1, -0.05) is 22.9 Å². The highest BCUT2D eigenvalue weighted by atomic mass is 79.9. The maximum atomic E-state index is 13.4. The standard InChI is InChI=1S/C12H14BrFO/c1-3-9(8(2)15)6-10-7-11(13)4-5-12(10)14/h4-5,7,9H,3,6H2,1-2H3. The fourth-order valence-electron chi connectivity index (χ4n) is 1.54. The third kappa shape index (κ3) is 3.42. The van der Waals surface area contributed by atoms with Gasteiger partial charge in [-0.05, 0) is 43.5 Å². The summed E-state index contributed by atoms with van der Waals surface area (Å²) >= 11 is 3.29. The molecule has 0 fully saturated rings. The number of carbonyl (C=O) groups is 1. The summed E-state index contributed by atoms with van der Waals surface area (Å²) in [4.78, 5) is 11.2. The number of benzene rings is 1. The van der Waals surface area contributed by atoms with Crippen LogP contribution in [0.4, 0.5) is 4.39 Å². The molecule has 0 N–H and O–H groups in total. The second-order valence-electron chi connectivity index (χ2n) is 3.66. The van der Waals surface area contributed by atoms with E-state index < -0.39 is 0 Å². The van der Waals surface area contributed by atoms with Crippen LogP contribution in [0.5, 0.6) is 0 Å². The maximum absolute atomic E-state index is 13.4. The number of hydrogen-bond donors (Lipinski definition) is 0. The predicted molar refractivity (Wildman–Crippen MR) is 62.3 cm³/mol. The summed E-state index contributed by atoms with van der Waals surface area (Å²) in [5, 5.41) is 0. The zero-order valence-electron chi connectivity index (χ0n) is 8.89. The minimum atomic E-state index is -0.238. The van der Waals surface area contributed by atoms with E-state index in [2.05, 4.69) is 15.9 Å². The van der Waals surface area contributed by atoms with Crippen molar-refractivity contribution in [3.05, 3.63) is 34.1 Å². The number of Topliss-reactive ketones (excluding diaryl/α,β-unsaturated/α-hetero) is 1. The van der Waals surface area contributed by atoms with Crippen molar-refractivity contribution in [2.24, 2.45) is 5.92 Å². The molecule has 0 spiro atoms. The van der Waals surface area contributed by atoms with Crippen LogP contribution >= 0.6 is 15.9 Å². The van der Waals surface area contributed by atoms with Gasteiger partial charge >= 0.3 is 0 Å². The molecule has 1 aromatic rings. The van der Waals surface area contributed by atoms with E-state index in [1.807, 2.05) is 6.92 Å². The maximum Gasteiger partial charge on any atom is 0.133 e. The van der Waals surface area contributed by atoms with Crippen LogP contribution in [0.1, 0.15) is 25.8 Å². The van der Waals surface area contributed by atoms with Gasteiger partial charge in [-0.15, -0.1) is 0 Å². The van der Waals surface area contributed by atoms with Crippen molar-refractivity contribution in [1.82, 2.24) is 0 Å². The lowest BCUT2D eigenvalue weighted by molar-refractivity contribution is -0.120. The highest BCUT2D eigenvalue weighted by Crippen LogP contribution is 2.20. The van der Waals surface area contributed by atoms with Crippen molar-refractivity contribution < 1.29 is 9.18 Å². The SMILES string of the molecule is CCC(Cc1cc(Br)ccc1F)C(C)=O. The summed E-state index contributed by atoms with van der Waals surface area (Å²) in [5.41, 5.74) is 0.603. The molecule has 0 radical (unpaired) electrons. The van der Waals surface area contributed by atoms with Crippen LogP contribution in [0.3, 0.4) is 0 Å². The molecule has 1 atom stereocenters. The van der Waals surface area contributed by atoms with Crippen molar-refractivity contribution in [3.8, 4) is 0 Å². The van der Waals surface area contributed by atoms with Crippen molar-refractivity contribution in [3.63, 3.8) is 0 Å². The van der Waals surface area contributed by atoms with Crippen LogP contribution in [0, 0.1) is 11.7 Å². The second kappa shape index (κ2) is 5.40. The van der Waals surface area contributed by atoms with E-state index in [0.717, 1.165) is 10.9 Å². The van der Waals surface area contributed by atoms with Gasteiger partial charge in [0.25, 0.3) is 0 Å². The fraction of sp³-hybridized carbons (Fsp3) is 0.417. The third-order valence-corrected chi connectivity index (χ3v) is 3.04. The molecule has 1 rings (SSSR count). The lowest BCUT2D eigenvalue weighted by atomic mass is 9.93. The van der Waals surface area contributed by atoms with E-state index in [1.165, 1.54) is 6.07 Å². The van der Waals surface area contributed by atoms with E-state index in [4.69, 9.17) is 0 Å². The third-order valence-electron chi connectivity index (χ3n) is 2.54. The molecule has 0 aromatic heterocycles. The van der Waals surface area contributed by atoms with Gasteiger partial charge in [-0.2, -0.15) is 0 Å². The predicted octanol–water partition coefficient (Wildman–Crippen LogP) is 3.75. The molecule has 0 amide bonds. The van der Waals surface area contributed by atoms with Gasteiger partial charge in [0.15, 0.2) is 0 Å². The van der Waals surface area contributed by atoms with Gasteiger partial charge in [0.1, 0.15) is 11.6 Å². The van der Waals surface area contributed by atoms with Gasteiger partial charge in [0.05, 0.1) is 0 Å². The molecule has 0 aliphatic rings. The molecule has 1 nitrogen and oxygen atoms in total. The number of rotatable bonds is 4. The number of carbonyl (C=O) groups excluding carboxylic acids is 1. The average Bonchev–Trinajstić information content (AvgIpc) is 2.18. The van der Waals surface area contributed by atoms with E-state index >= 15 is 0 Å². The first-order valence-electron chi connectivity index (χ1n) is 4.99. The second-order valence-corrected chi connectivity index (χ2v) is 4.57. The molecule has 0 bridgehead atoms. The Hall–Kier alpha value is -0.700. The first-order chi connectivity index (χ1) is 7.04. The number of ketones is 1. The first-order valence-corrected chi connectivity index (χ1v) is 5.78. The minimum absolute atomic E-state index is 0.0752.